The largest absolute Gasteiger partial charge is 0.458 e. The maximum Gasteiger partial charge on any atom is 0.333 e. The first-order valence-electron chi connectivity index (χ1n) is 6.62. The molecular formula is C15H20N2O3. The van der Waals surface area contributed by atoms with Crippen molar-refractivity contribution in [1.29, 1.82) is 0 Å². The number of carbonyl (C=O) groups excluding carboxylic acids is 2. The molecule has 0 bridgehead atoms. The van der Waals surface area contributed by atoms with Crippen molar-refractivity contribution in [2.45, 2.75) is 45.5 Å². The maximum absolute atomic E-state index is 12.2. The van der Waals surface area contributed by atoms with Gasteiger partial charge in [0.1, 0.15) is 5.60 Å². The van der Waals surface area contributed by atoms with Crippen LogP contribution in [0.5, 0.6) is 0 Å². The van der Waals surface area contributed by atoms with E-state index >= 15 is 0 Å². The van der Waals surface area contributed by atoms with Crippen LogP contribution in [0.1, 0.15) is 31.9 Å². The molecule has 108 valence electrons. The third-order valence-electron chi connectivity index (χ3n) is 3.08. The van der Waals surface area contributed by atoms with E-state index in [0.29, 0.717) is 13.1 Å². The van der Waals surface area contributed by atoms with Crippen molar-refractivity contribution >= 4 is 11.9 Å². The number of hydrogen-bond donors (Lipinski definition) is 1. The first-order chi connectivity index (χ1) is 9.28. The summed E-state index contributed by atoms with van der Waals surface area (Å²) < 4.78 is 5.15. The Morgan fingerprint density at radius 2 is 1.70 bits per heavy atom. The average molecular weight is 276 g/mol. The number of esters is 1. The summed E-state index contributed by atoms with van der Waals surface area (Å²) in [6, 6.07) is 6.55. The molecule has 1 heterocycles. The van der Waals surface area contributed by atoms with Crippen LogP contribution < -0.4 is 5.73 Å². The van der Waals surface area contributed by atoms with Crippen molar-refractivity contribution < 1.29 is 14.3 Å². The minimum Gasteiger partial charge on any atom is -0.458 e. The van der Waals surface area contributed by atoms with E-state index in [-0.39, 0.29) is 0 Å². The van der Waals surface area contributed by atoms with Gasteiger partial charge in [-0.2, -0.15) is 0 Å². The number of hydrogen-bond acceptors (Lipinski definition) is 4. The second kappa shape index (κ2) is 5.25. The summed E-state index contributed by atoms with van der Waals surface area (Å²) in [5.74, 6) is -1.08. The number of nitrogens with two attached hydrogens (primary N) is 1. The summed E-state index contributed by atoms with van der Waals surface area (Å²) in [4.78, 5) is 25.7. The van der Waals surface area contributed by atoms with E-state index in [9.17, 15) is 9.59 Å². The van der Waals surface area contributed by atoms with Crippen LogP contribution >= 0.6 is 0 Å². The molecule has 20 heavy (non-hydrogen) atoms. The first kappa shape index (κ1) is 14.5. The van der Waals surface area contributed by atoms with Gasteiger partial charge in [0.05, 0.1) is 0 Å². The summed E-state index contributed by atoms with van der Waals surface area (Å²) in [6.07, 6.45) is 0. The number of carbonyl (C=O) groups is 2. The van der Waals surface area contributed by atoms with Gasteiger partial charge in [0.25, 0.3) is 5.91 Å². The minimum absolute atomic E-state index is 0.393. The Balaban J connectivity index is 2.01. The molecule has 5 heteroatoms. The molecule has 1 aliphatic rings. The van der Waals surface area contributed by atoms with E-state index in [1.165, 1.54) is 0 Å². The van der Waals surface area contributed by atoms with Crippen LogP contribution in [0.25, 0.3) is 0 Å². The van der Waals surface area contributed by atoms with Crippen LogP contribution in [0.4, 0.5) is 0 Å². The van der Waals surface area contributed by atoms with Crippen molar-refractivity contribution in [3.63, 3.8) is 0 Å². The Morgan fingerprint density at radius 3 is 2.15 bits per heavy atom. The van der Waals surface area contributed by atoms with Crippen LogP contribution in [0.2, 0.25) is 0 Å². The van der Waals surface area contributed by atoms with Gasteiger partial charge in [-0.05, 0) is 31.9 Å². The quantitative estimate of drug-likeness (QED) is 0.650. The lowest BCUT2D eigenvalue weighted by Gasteiger charge is -2.24. The Bertz CT molecular complexity index is 509. The van der Waals surface area contributed by atoms with Gasteiger partial charge >= 0.3 is 5.97 Å². The molecule has 1 aliphatic heterocycles. The highest BCUT2D eigenvalue weighted by molar-refractivity contribution is 6.01. The Kier molecular flexibility index (Phi) is 3.81. The van der Waals surface area contributed by atoms with Gasteiger partial charge in [-0.3, -0.25) is 4.79 Å². The number of benzene rings is 1. The standard InChI is InChI=1S/C15H20N2O3/c1-15(2,3)20-14(19)12(16)13(18)17-8-10-6-4-5-7-11(10)9-17/h4-7,12H,8-9,16H2,1-3H3. The molecule has 5 nitrogen and oxygen atoms in total. The van der Waals surface area contributed by atoms with E-state index < -0.39 is 23.5 Å². The molecule has 1 aromatic carbocycles. The minimum atomic E-state index is -1.26. The molecule has 0 aromatic heterocycles. The van der Waals surface area contributed by atoms with E-state index in [0.717, 1.165) is 11.1 Å². The smallest absolute Gasteiger partial charge is 0.333 e. The molecular weight excluding hydrogens is 256 g/mol. The summed E-state index contributed by atoms with van der Waals surface area (Å²) in [5.41, 5.74) is 7.26. The number of rotatable bonds is 2. The summed E-state index contributed by atoms with van der Waals surface area (Å²) in [6.45, 7) is 6.21. The monoisotopic (exact) mass is 276 g/mol. The van der Waals surface area contributed by atoms with Gasteiger partial charge in [-0.1, -0.05) is 24.3 Å². The highest BCUT2D eigenvalue weighted by atomic mass is 16.6. The van der Waals surface area contributed by atoms with Crippen molar-refractivity contribution in [2.75, 3.05) is 0 Å². The summed E-state index contributed by atoms with van der Waals surface area (Å²) in [7, 11) is 0. The van der Waals surface area contributed by atoms with Gasteiger partial charge in [-0.15, -0.1) is 0 Å². The highest BCUT2D eigenvalue weighted by Gasteiger charge is 2.33. The molecule has 1 amide bonds. The molecule has 1 unspecified atom stereocenters. The highest BCUT2D eigenvalue weighted by Crippen LogP contribution is 2.22. The molecule has 0 aliphatic carbocycles. The molecule has 0 saturated carbocycles. The van der Waals surface area contributed by atoms with Gasteiger partial charge in [-0.25, -0.2) is 4.79 Å². The lowest BCUT2D eigenvalue weighted by molar-refractivity contribution is -0.160. The van der Waals surface area contributed by atoms with Crippen molar-refractivity contribution in [2.24, 2.45) is 5.73 Å². The van der Waals surface area contributed by atoms with Crippen LogP contribution in [0.15, 0.2) is 24.3 Å². The van der Waals surface area contributed by atoms with Gasteiger partial charge in [0.2, 0.25) is 0 Å². The van der Waals surface area contributed by atoms with E-state index in [2.05, 4.69) is 0 Å². The third-order valence-corrected chi connectivity index (χ3v) is 3.08. The molecule has 0 radical (unpaired) electrons. The zero-order valence-electron chi connectivity index (χ0n) is 12.1. The third kappa shape index (κ3) is 3.17. The second-order valence-corrected chi connectivity index (χ2v) is 5.97. The molecule has 1 atom stereocenters. The van der Waals surface area contributed by atoms with Crippen molar-refractivity contribution in [1.82, 2.24) is 4.90 Å². The zero-order valence-corrected chi connectivity index (χ0v) is 12.1. The predicted molar refractivity (Wildman–Crippen MR) is 74.5 cm³/mol. The molecule has 0 saturated heterocycles. The van der Waals surface area contributed by atoms with Gasteiger partial charge in [0, 0.05) is 13.1 Å². The number of nitrogens with zero attached hydrogens (tertiary/aromatic N) is 1. The second-order valence-electron chi connectivity index (χ2n) is 5.97. The fraction of sp³-hybridized carbons (Fsp3) is 0.467. The lowest BCUT2D eigenvalue weighted by Crippen LogP contribution is -2.48. The Labute approximate surface area is 118 Å². The fourth-order valence-electron chi connectivity index (χ4n) is 2.15. The SMILES string of the molecule is CC(C)(C)OC(=O)C(N)C(=O)N1Cc2ccccc2C1. The van der Waals surface area contributed by atoms with E-state index in [1.54, 1.807) is 25.7 Å². The summed E-state index contributed by atoms with van der Waals surface area (Å²) >= 11 is 0. The van der Waals surface area contributed by atoms with Crippen LogP contribution in [0, 0.1) is 0 Å². The predicted octanol–water partition coefficient (Wildman–Crippen LogP) is 1.20. The Hall–Kier alpha value is -1.88. The lowest BCUT2D eigenvalue weighted by atomic mass is 10.1. The average Bonchev–Trinajstić information content (AvgIpc) is 2.78. The first-order valence-corrected chi connectivity index (χ1v) is 6.62. The van der Waals surface area contributed by atoms with E-state index in [1.807, 2.05) is 24.3 Å². The van der Waals surface area contributed by atoms with Crippen LogP contribution in [-0.2, 0) is 27.4 Å². The topological polar surface area (TPSA) is 72.6 Å². The maximum atomic E-state index is 12.2. The van der Waals surface area contributed by atoms with Crippen LogP contribution in [0.3, 0.4) is 0 Å². The van der Waals surface area contributed by atoms with Gasteiger partial charge in [0.15, 0.2) is 6.04 Å². The molecule has 2 rings (SSSR count). The molecule has 0 fully saturated rings. The van der Waals surface area contributed by atoms with Crippen LogP contribution in [-0.4, -0.2) is 28.4 Å². The molecule has 2 N–H and O–H groups in total. The normalized spacial score (nSPS) is 15.7. The van der Waals surface area contributed by atoms with Gasteiger partial charge < -0.3 is 15.4 Å². The van der Waals surface area contributed by atoms with Crippen molar-refractivity contribution in [3.8, 4) is 0 Å². The number of ether oxygens (including phenoxy) is 1. The fourth-order valence-corrected chi connectivity index (χ4v) is 2.15. The zero-order chi connectivity index (χ0) is 14.9. The van der Waals surface area contributed by atoms with E-state index in [4.69, 9.17) is 10.5 Å². The molecule has 1 aromatic rings. The van der Waals surface area contributed by atoms with Crippen molar-refractivity contribution in [3.05, 3.63) is 35.4 Å². The number of amides is 1. The summed E-state index contributed by atoms with van der Waals surface area (Å²) in [5, 5.41) is 0. The Morgan fingerprint density at radius 1 is 1.20 bits per heavy atom. The number of fused-ring (bicyclic) bond motifs is 1. The molecule has 0 spiro atoms.